The lowest BCUT2D eigenvalue weighted by molar-refractivity contribution is 0.0993. The third-order valence-corrected chi connectivity index (χ3v) is 3.65. The van der Waals surface area contributed by atoms with Gasteiger partial charge in [-0.2, -0.15) is 10.4 Å². The Morgan fingerprint density at radius 1 is 1.25 bits per heavy atom. The fourth-order valence-corrected chi connectivity index (χ4v) is 2.74. The smallest absolute Gasteiger partial charge is 0.167 e. The highest BCUT2D eigenvalue weighted by Crippen LogP contribution is 2.27. The first kappa shape index (κ1) is 12.6. The third-order valence-electron chi connectivity index (χ3n) is 3.65. The fraction of sp³-hybridized carbons (Fsp3) is 0.312. The zero-order valence-electron chi connectivity index (χ0n) is 11.2. The topological polar surface area (TPSA) is 58.7 Å². The lowest BCUT2D eigenvalue weighted by atomic mass is 10.1. The second kappa shape index (κ2) is 5.30. The molecule has 2 aromatic rings. The molecule has 0 spiro atoms. The van der Waals surface area contributed by atoms with Gasteiger partial charge in [0.25, 0.3) is 0 Å². The zero-order chi connectivity index (χ0) is 13.9. The highest BCUT2D eigenvalue weighted by Gasteiger charge is 2.28. The van der Waals surface area contributed by atoms with E-state index in [4.69, 9.17) is 5.26 Å². The molecule has 0 atom stereocenters. The van der Waals surface area contributed by atoms with Crippen LogP contribution in [0.4, 0.5) is 0 Å². The molecule has 1 heterocycles. The second-order valence-corrected chi connectivity index (χ2v) is 4.99. The van der Waals surface area contributed by atoms with E-state index in [2.05, 4.69) is 11.2 Å². The van der Waals surface area contributed by atoms with E-state index in [0.717, 1.165) is 28.9 Å². The van der Waals surface area contributed by atoms with Gasteiger partial charge < -0.3 is 0 Å². The first-order chi connectivity index (χ1) is 9.79. The van der Waals surface area contributed by atoms with Gasteiger partial charge in [0.05, 0.1) is 30.3 Å². The van der Waals surface area contributed by atoms with E-state index in [1.807, 2.05) is 35.0 Å². The maximum Gasteiger partial charge on any atom is 0.167 e. The number of Topliss-reactive ketones (excluding diaryl/α,β-unsaturated/α-hetero) is 1. The van der Waals surface area contributed by atoms with Crippen molar-refractivity contribution in [2.75, 3.05) is 0 Å². The molecule has 0 fully saturated rings. The van der Waals surface area contributed by atoms with Gasteiger partial charge in [0.1, 0.15) is 0 Å². The van der Waals surface area contributed by atoms with E-state index in [-0.39, 0.29) is 5.78 Å². The summed E-state index contributed by atoms with van der Waals surface area (Å²) in [5.74, 6) is 0.189. The van der Waals surface area contributed by atoms with E-state index < -0.39 is 0 Å². The highest BCUT2D eigenvalue weighted by molar-refractivity contribution is 6.01. The third kappa shape index (κ3) is 2.23. The Balaban J connectivity index is 1.95. The summed E-state index contributed by atoms with van der Waals surface area (Å²) in [6.07, 6.45) is 2.42. The minimum atomic E-state index is 0.189. The van der Waals surface area contributed by atoms with Crippen LogP contribution in [0, 0.1) is 11.3 Å². The summed E-state index contributed by atoms with van der Waals surface area (Å²) in [6, 6.07) is 12.2. The van der Waals surface area contributed by atoms with Crippen molar-refractivity contribution in [3.05, 3.63) is 52.8 Å². The summed E-state index contributed by atoms with van der Waals surface area (Å²) in [7, 11) is 0. The van der Waals surface area contributed by atoms with Gasteiger partial charge in [0.15, 0.2) is 5.78 Å². The number of ketones is 1. The molecule has 0 N–H and O–H groups in total. The minimum Gasteiger partial charge on any atom is -0.294 e. The molecule has 0 amide bonds. The molecule has 0 saturated carbocycles. The molecule has 1 aliphatic rings. The van der Waals surface area contributed by atoms with E-state index in [1.54, 1.807) is 0 Å². The molecule has 3 rings (SSSR count). The molecule has 0 saturated heterocycles. The Morgan fingerprint density at radius 3 is 2.80 bits per heavy atom. The maximum absolute atomic E-state index is 12.0. The summed E-state index contributed by atoms with van der Waals surface area (Å²) in [5.41, 5.74) is 3.81. The van der Waals surface area contributed by atoms with Crippen LogP contribution in [0.2, 0.25) is 0 Å². The van der Waals surface area contributed by atoms with Gasteiger partial charge in [0.2, 0.25) is 0 Å². The maximum atomic E-state index is 12.0. The summed E-state index contributed by atoms with van der Waals surface area (Å²) in [6.45, 7) is 0.570. The molecule has 1 aliphatic carbocycles. The van der Waals surface area contributed by atoms with Crippen molar-refractivity contribution in [1.29, 1.82) is 5.26 Å². The first-order valence-corrected chi connectivity index (χ1v) is 6.82. The van der Waals surface area contributed by atoms with E-state index >= 15 is 0 Å². The summed E-state index contributed by atoms with van der Waals surface area (Å²) in [4.78, 5) is 12.0. The van der Waals surface area contributed by atoms with Gasteiger partial charge >= 0.3 is 0 Å². The Bertz CT molecular complexity index is 680. The van der Waals surface area contributed by atoms with Crippen molar-refractivity contribution in [3.63, 3.8) is 0 Å². The second-order valence-electron chi connectivity index (χ2n) is 4.99. The normalized spacial score (nSPS) is 13.2. The number of hydrogen-bond acceptors (Lipinski definition) is 3. The van der Waals surface area contributed by atoms with Gasteiger partial charge in [-0.15, -0.1) is 0 Å². The molecular formula is C16H15N3O. The molecule has 0 unspecified atom stereocenters. The SMILES string of the molecule is N#CCCn1nc(Cc2ccccc2)c2c1CCC2=O. The molecule has 0 radical (unpaired) electrons. The number of fused-ring (bicyclic) bond motifs is 1. The number of carbonyl (C=O) groups excluding carboxylic acids is 1. The van der Waals surface area contributed by atoms with Crippen LogP contribution in [0.1, 0.15) is 40.2 Å². The Kier molecular flexibility index (Phi) is 3.34. The van der Waals surface area contributed by atoms with E-state index in [1.165, 1.54) is 0 Å². The first-order valence-electron chi connectivity index (χ1n) is 6.82. The summed E-state index contributed by atoms with van der Waals surface area (Å²) in [5, 5.41) is 13.3. The van der Waals surface area contributed by atoms with Crippen LogP contribution in [-0.2, 0) is 19.4 Å². The Labute approximate surface area is 117 Å². The van der Waals surface area contributed by atoms with Gasteiger partial charge in [-0.1, -0.05) is 30.3 Å². The number of rotatable bonds is 4. The fourth-order valence-electron chi connectivity index (χ4n) is 2.74. The molecule has 20 heavy (non-hydrogen) atoms. The lowest BCUT2D eigenvalue weighted by Crippen LogP contribution is -2.04. The van der Waals surface area contributed by atoms with Gasteiger partial charge in [-0.25, -0.2) is 0 Å². The van der Waals surface area contributed by atoms with Crippen LogP contribution in [-0.4, -0.2) is 15.6 Å². The van der Waals surface area contributed by atoms with Crippen molar-refractivity contribution in [2.45, 2.75) is 32.2 Å². The van der Waals surface area contributed by atoms with Crippen molar-refractivity contribution >= 4 is 5.78 Å². The van der Waals surface area contributed by atoms with E-state index in [9.17, 15) is 4.79 Å². The number of nitriles is 1. The number of benzene rings is 1. The lowest BCUT2D eigenvalue weighted by Gasteiger charge is -2.01. The van der Waals surface area contributed by atoms with Crippen LogP contribution >= 0.6 is 0 Å². The van der Waals surface area contributed by atoms with E-state index in [0.29, 0.717) is 25.8 Å². The molecule has 4 nitrogen and oxygen atoms in total. The predicted molar refractivity (Wildman–Crippen MR) is 74.4 cm³/mol. The minimum absolute atomic E-state index is 0.189. The van der Waals surface area contributed by atoms with Gasteiger partial charge in [-0.05, 0) is 12.0 Å². The van der Waals surface area contributed by atoms with Gasteiger partial charge in [0, 0.05) is 18.5 Å². The number of hydrogen-bond donors (Lipinski definition) is 0. The average Bonchev–Trinajstić information content (AvgIpc) is 3.00. The summed E-state index contributed by atoms with van der Waals surface area (Å²) < 4.78 is 1.85. The number of aromatic nitrogens is 2. The molecule has 100 valence electrons. The van der Waals surface area contributed by atoms with Crippen molar-refractivity contribution < 1.29 is 4.79 Å². The zero-order valence-corrected chi connectivity index (χ0v) is 11.2. The van der Waals surface area contributed by atoms with Crippen molar-refractivity contribution in [2.24, 2.45) is 0 Å². The number of aryl methyl sites for hydroxylation is 1. The van der Waals surface area contributed by atoms with Crippen LogP contribution in [0.3, 0.4) is 0 Å². The Morgan fingerprint density at radius 2 is 2.05 bits per heavy atom. The van der Waals surface area contributed by atoms with Crippen LogP contribution in [0.25, 0.3) is 0 Å². The molecule has 0 bridgehead atoms. The molecule has 1 aromatic carbocycles. The molecule has 4 heteroatoms. The predicted octanol–water partition coefficient (Wildman–Crippen LogP) is 2.52. The highest BCUT2D eigenvalue weighted by atomic mass is 16.1. The molecule has 1 aromatic heterocycles. The average molecular weight is 265 g/mol. The Hall–Kier alpha value is -2.41. The largest absolute Gasteiger partial charge is 0.294 e. The van der Waals surface area contributed by atoms with Crippen LogP contribution in [0.5, 0.6) is 0 Å². The van der Waals surface area contributed by atoms with Crippen LogP contribution < -0.4 is 0 Å². The number of nitrogens with zero attached hydrogens (tertiary/aromatic N) is 3. The van der Waals surface area contributed by atoms with Crippen molar-refractivity contribution in [3.8, 4) is 6.07 Å². The molecular weight excluding hydrogens is 250 g/mol. The van der Waals surface area contributed by atoms with Crippen LogP contribution in [0.15, 0.2) is 30.3 Å². The number of carbonyl (C=O) groups is 1. The monoisotopic (exact) mass is 265 g/mol. The molecule has 0 aliphatic heterocycles. The van der Waals surface area contributed by atoms with Crippen molar-refractivity contribution in [1.82, 2.24) is 9.78 Å². The summed E-state index contributed by atoms with van der Waals surface area (Å²) >= 11 is 0. The quantitative estimate of drug-likeness (QED) is 0.853. The van der Waals surface area contributed by atoms with Gasteiger partial charge in [-0.3, -0.25) is 9.48 Å². The standard InChI is InChI=1S/C16H15N3O/c17-9-4-10-19-14-7-8-15(20)16(14)13(18-19)11-12-5-2-1-3-6-12/h1-3,5-6H,4,7-8,10-11H2.